The van der Waals surface area contributed by atoms with E-state index in [0.717, 1.165) is 4.68 Å². The van der Waals surface area contributed by atoms with Gasteiger partial charge >= 0.3 is 5.38 Å². The van der Waals surface area contributed by atoms with Crippen LogP contribution in [0.25, 0.3) is 0 Å². The minimum Gasteiger partial charge on any atom is -0.275 e. The molecule has 14 heavy (non-hydrogen) atoms. The summed E-state index contributed by atoms with van der Waals surface area (Å²) in [5.74, 6) is 0. The predicted molar refractivity (Wildman–Crippen MR) is 47.9 cm³/mol. The Hall–Kier alpha value is -0.680. The lowest BCUT2D eigenvalue weighted by atomic mass is 10.2. The van der Waals surface area contributed by atoms with Gasteiger partial charge in [-0.1, -0.05) is 0 Å². The van der Waals surface area contributed by atoms with E-state index in [2.05, 4.69) is 5.10 Å². The molecule has 0 aliphatic rings. The van der Waals surface area contributed by atoms with Crippen LogP contribution in [-0.2, 0) is 12.4 Å². The van der Waals surface area contributed by atoms with Gasteiger partial charge < -0.3 is 0 Å². The molecular formula is C7H6Cl2F2N2O. The second-order valence-electron chi connectivity index (χ2n) is 2.70. The Bertz CT molecular complexity index is 384. The smallest absolute Gasteiger partial charge is 0.275 e. The van der Waals surface area contributed by atoms with E-state index in [1.807, 2.05) is 0 Å². The lowest BCUT2D eigenvalue weighted by molar-refractivity contribution is 0.0860. The number of carbonyl (C=O) groups excluding carboxylic acids is 1. The zero-order chi connectivity index (χ0) is 11.1. The molecule has 0 amide bonds. The van der Waals surface area contributed by atoms with Gasteiger partial charge in [0.2, 0.25) is 0 Å². The van der Waals surface area contributed by atoms with Crippen molar-refractivity contribution in [2.75, 3.05) is 0 Å². The van der Waals surface area contributed by atoms with E-state index in [-0.39, 0.29) is 11.3 Å². The molecule has 7 heteroatoms. The number of nitrogens with zero attached hydrogens (tertiary/aromatic N) is 2. The molecule has 1 aromatic heterocycles. The van der Waals surface area contributed by atoms with Crippen molar-refractivity contribution in [1.29, 1.82) is 0 Å². The summed E-state index contributed by atoms with van der Waals surface area (Å²) in [6, 6.07) is 0. The number of aryl methyl sites for hydroxylation is 1. The molecule has 0 aliphatic heterocycles. The maximum absolute atomic E-state index is 12.7. The number of rotatable bonds is 2. The van der Waals surface area contributed by atoms with Gasteiger partial charge in [-0.2, -0.15) is 13.9 Å². The summed E-state index contributed by atoms with van der Waals surface area (Å²) in [5, 5.41) is -1.25. The average Bonchev–Trinajstić information content (AvgIpc) is 2.27. The number of carbonyl (C=O) groups is 1. The number of hydrogen-bond donors (Lipinski definition) is 0. The van der Waals surface area contributed by atoms with Crippen molar-refractivity contribution in [3.05, 3.63) is 17.0 Å². The summed E-state index contributed by atoms with van der Waals surface area (Å²) >= 11 is 9.92. The van der Waals surface area contributed by atoms with Crippen LogP contribution in [0.4, 0.5) is 8.78 Å². The number of halogens is 4. The second-order valence-corrected chi connectivity index (χ2v) is 3.52. The van der Waals surface area contributed by atoms with Crippen LogP contribution >= 0.6 is 23.2 Å². The van der Waals surface area contributed by atoms with Crippen molar-refractivity contribution in [2.45, 2.75) is 12.3 Å². The third-order valence-corrected chi connectivity index (χ3v) is 2.17. The molecule has 0 aliphatic carbocycles. The average molecular weight is 243 g/mol. The number of hydrogen-bond acceptors (Lipinski definition) is 2. The molecule has 0 fully saturated rings. The molecule has 0 N–H and O–H groups in total. The minimum absolute atomic E-state index is 0.250. The van der Waals surface area contributed by atoms with Gasteiger partial charge in [-0.25, -0.2) is 0 Å². The van der Waals surface area contributed by atoms with Gasteiger partial charge in [0.1, 0.15) is 0 Å². The summed E-state index contributed by atoms with van der Waals surface area (Å²) in [4.78, 5) is 10.9. The summed E-state index contributed by atoms with van der Waals surface area (Å²) in [5.41, 5.74) is -0.895. The minimum atomic E-state index is -3.69. The molecule has 1 aromatic rings. The second kappa shape index (κ2) is 3.47. The fourth-order valence-electron chi connectivity index (χ4n) is 1.04. The molecule has 78 valence electrons. The normalized spacial score (nSPS) is 11.9. The van der Waals surface area contributed by atoms with Crippen molar-refractivity contribution in [1.82, 2.24) is 9.78 Å². The van der Waals surface area contributed by atoms with Gasteiger partial charge in [0.15, 0.2) is 5.69 Å². The predicted octanol–water partition coefficient (Wildman–Crippen LogP) is 2.40. The maximum Gasteiger partial charge on any atom is 0.367 e. The lowest BCUT2D eigenvalue weighted by Gasteiger charge is -2.04. The largest absolute Gasteiger partial charge is 0.367 e. The first-order valence-corrected chi connectivity index (χ1v) is 4.31. The monoisotopic (exact) mass is 242 g/mol. The van der Waals surface area contributed by atoms with E-state index in [4.69, 9.17) is 23.2 Å². The zero-order valence-electron chi connectivity index (χ0n) is 7.31. The van der Waals surface area contributed by atoms with Crippen LogP contribution in [0.5, 0.6) is 0 Å². The van der Waals surface area contributed by atoms with Crippen LogP contribution in [0.1, 0.15) is 21.7 Å². The zero-order valence-corrected chi connectivity index (χ0v) is 8.83. The third kappa shape index (κ3) is 1.88. The summed E-state index contributed by atoms with van der Waals surface area (Å²) in [6.45, 7) is 1.45. The van der Waals surface area contributed by atoms with Crippen LogP contribution in [0, 0.1) is 6.92 Å². The first kappa shape index (κ1) is 11.4. The Morgan fingerprint density at radius 2 is 2.07 bits per heavy atom. The van der Waals surface area contributed by atoms with E-state index >= 15 is 0 Å². The highest BCUT2D eigenvalue weighted by Crippen LogP contribution is 2.35. The fraction of sp³-hybridized carbons (Fsp3) is 0.429. The van der Waals surface area contributed by atoms with Gasteiger partial charge in [0.25, 0.3) is 5.24 Å². The van der Waals surface area contributed by atoms with E-state index in [1.165, 1.54) is 14.0 Å². The fourth-order valence-corrected chi connectivity index (χ4v) is 1.40. The Kier molecular flexibility index (Phi) is 2.83. The Labute approximate surface area is 88.6 Å². The van der Waals surface area contributed by atoms with Crippen LogP contribution in [0.2, 0.25) is 0 Å². The van der Waals surface area contributed by atoms with Gasteiger partial charge in [0.05, 0.1) is 5.56 Å². The first-order chi connectivity index (χ1) is 6.25. The topological polar surface area (TPSA) is 34.9 Å². The molecule has 0 radical (unpaired) electrons. The molecule has 0 spiro atoms. The van der Waals surface area contributed by atoms with Gasteiger partial charge in [-0.05, 0) is 30.1 Å². The van der Waals surface area contributed by atoms with Gasteiger partial charge in [0, 0.05) is 12.7 Å². The third-order valence-electron chi connectivity index (χ3n) is 1.80. The molecule has 0 saturated carbocycles. The van der Waals surface area contributed by atoms with Crippen LogP contribution in [0.15, 0.2) is 0 Å². The standard InChI is InChI=1S/C7H6Cl2F2N2O/c1-3-4(6(8)14)5(7(9,10)11)12-13(3)2/h1-2H3. The summed E-state index contributed by atoms with van der Waals surface area (Å²) < 4.78 is 26.6. The van der Waals surface area contributed by atoms with Gasteiger partial charge in [-0.15, -0.1) is 0 Å². The molecular weight excluding hydrogens is 237 g/mol. The summed E-state index contributed by atoms with van der Waals surface area (Å²) in [7, 11) is 1.42. The van der Waals surface area contributed by atoms with Gasteiger partial charge in [-0.3, -0.25) is 9.48 Å². The van der Waals surface area contributed by atoms with Crippen molar-refractivity contribution >= 4 is 28.4 Å². The first-order valence-electron chi connectivity index (χ1n) is 3.55. The Morgan fingerprint density at radius 1 is 1.57 bits per heavy atom. The van der Waals surface area contributed by atoms with E-state index in [0.29, 0.717) is 0 Å². The highest BCUT2D eigenvalue weighted by molar-refractivity contribution is 6.68. The lowest BCUT2D eigenvalue weighted by Crippen LogP contribution is -2.09. The maximum atomic E-state index is 12.7. The molecule has 0 unspecified atom stereocenters. The van der Waals surface area contributed by atoms with E-state index in [1.54, 1.807) is 0 Å². The van der Waals surface area contributed by atoms with Crippen molar-refractivity contribution in [3.63, 3.8) is 0 Å². The molecule has 0 bridgehead atoms. The van der Waals surface area contributed by atoms with Crippen molar-refractivity contribution < 1.29 is 13.6 Å². The molecule has 1 rings (SSSR count). The van der Waals surface area contributed by atoms with E-state index in [9.17, 15) is 13.6 Å². The Balaban J connectivity index is 3.45. The highest BCUT2D eigenvalue weighted by atomic mass is 35.5. The van der Waals surface area contributed by atoms with Crippen LogP contribution < -0.4 is 0 Å². The molecule has 1 heterocycles. The van der Waals surface area contributed by atoms with Crippen molar-refractivity contribution in [2.24, 2.45) is 7.05 Å². The highest BCUT2D eigenvalue weighted by Gasteiger charge is 2.37. The Morgan fingerprint density at radius 3 is 2.36 bits per heavy atom. The summed E-state index contributed by atoms with van der Waals surface area (Å²) in [6.07, 6.45) is 0. The quantitative estimate of drug-likeness (QED) is 0.590. The van der Waals surface area contributed by atoms with Crippen LogP contribution in [-0.4, -0.2) is 15.0 Å². The van der Waals surface area contributed by atoms with E-state index < -0.39 is 16.3 Å². The number of alkyl halides is 3. The molecule has 0 atom stereocenters. The van der Waals surface area contributed by atoms with Crippen molar-refractivity contribution in [3.8, 4) is 0 Å². The molecule has 3 nitrogen and oxygen atoms in total. The molecule has 0 aromatic carbocycles. The van der Waals surface area contributed by atoms with Crippen LogP contribution in [0.3, 0.4) is 0 Å². The SMILES string of the molecule is Cc1c(C(=O)Cl)c(C(F)(F)Cl)nn1C. The number of aromatic nitrogens is 2. The molecule has 0 saturated heterocycles.